The number of carbonyl (C=O) groups excluding carboxylic acids is 1. The van der Waals surface area contributed by atoms with Gasteiger partial charge < -0.3 is 5.32 Å². The van der Waals surface area contributed by atoms with Crippen molar-refractivity contribution in [2.45, 2.75) is 20.4 Å². The maximum atomic E-state index is 13.2. The molecule has 1 N–H and O–H groups in total. The van der Waals surface area contributed by atoms with Gasteiger partial charge >= 0.3 is 0 Å². The van der Waals surface area contributed by atoms with E-state index in [1.165, 1.54) is 23.0 Å². The van der Waals surface area contributed by atoms with Crippen molar-refractivity contribution >= 4 is 11.7 Å². The Bertz CT molecular complexity index is 1150. The molecular weight excluding hydrogens is 373 g/mol. The van der Waals surface area contributed by atoms with Crippen molar-refractivity contribution in [2.24, 2.45) is 5.92 Å². The number of aromatic nitrogens is 6. The fourth-order valence-electron chi connectivity index (χ4n) is 3.05. The van der Waals surface area contributed by atoms with Crippen LogP contribution >= 0.6 is 0 Å². The molecule has 3 heterocycles. The van der Waals surface area contributed by atoms with E-state index in [4.69, 9.17) is 0 Å². The molecule has 0 fully saturated rings. The molecular formula is C20H20FN7O. The summed E-state index contributed by atoms with van der Waals surface area (Å²) in [6, 6.07) is 9.50. The number of halogens is 1. The van der Waals surface area contributed by atoms with Crippen molar-refractivity contribution in [2.75, 3.05) is 6.54 Å². The number of hydrogen-bond acceptors (Lipinski definition) is 5. The molecule has 0 radical (unpaired) electrons. The van der Waals surface area contributed by atoms with Crippen LogP contribution in [-0.4, -0.2) is 41.8 Å². The molecule has 8 nitrogen and oxygen atoms in total. The number of nitrogens with zero attached hydrogens (tertiary/aromatic N) is 6. The number of aryl methyl sites for hydroxylation is 1. The van der Waals surface area contributed by atoms with Gasteiger partial charge in [0.15, 0.2) is 0 Å². The van der Waals surface area contributed by atoms with Gasteiger partial charge in [0.05, 0.1) is 11.4 Å². The van der Waals surface area contributed by atoms with Gasteiger partial charge in [-0.15, -0.1) is 0 Å². The smallest absolute Gasteiger partial charge is 0.270 e. The zero-order valence-electron chi connectivity index (χ0n) is 16.1. The minimum absolute atomic E-state index is 0.183. The lowest BCUT2D eigenvalue weighted by molar-refractivity contribution is 0.0939. The first-order chi connectivity index (χ1) is 14.0. The Kier molecular flexibility index (Phi) is 5.03. The van der Waals surface area contributed by atoms with Crippen LogP contribution in [0.5, 0.6) is 0 Å². The maximum Gasteiger partial charge on any atom is 0.270 e. The average molecular weight is 393 g/mol. The molecule has 0 aliphatic carbocycles. The van der Waals surface area contributed by atoms with E-state index in [-0.39, 0.29) is 17.6 Å². The van der Waals surface area contributed by atoms with E-state index in [1.54, 1.807) is 18.2 Å². The summed E-state index contributed by atoms with van der Waals surface area (Å²) in [6.07, 6.45) is 3.26. The molecule has 1 amide bonds. The highest BCUT2D eigenvalue weighted by Gasteiger charge is 2.16. The van der Waals surface area contributed by atoms with Crippen LogP contribution < -0.4 is 5.32 Å². The van der Waals surface area contributed by atoms with Crippen molar-refractivity contribution in [3.63, 3.8) is 0 Å². The fourth-order valence-corrected chi connectivity index (χ4v) is 3.05. The Hall–Kier alpha value is -3.62. The molecule has 9 heteroatoms. The van der Waals surface area contributed by atoms with Gasteiger partial charge in [0.25, 0.3) is 11.7 Å². The normalized spacial score (nSPS) is 12.2. The Morgan fingerprint density at radius 2 is 2.03 bits per heavy atom. The SMILES string of the molecule is Cc1ccn(C[C@@H](C)CNC(=O)c2cc(-c3ccc(F)cc3)nc3ncnn23)n1. The number of rotatable bonds is 6. The van der Waals surface area contributed by atoms with E-state index in [0.29, 0.717) is 35.8 Å². The third-order valence-corrected chi connectivity index (χ3v) is 4.51. The molecule has 4 rings (SSSR count). The van der Waals surface area contributed by atoms with Crippen LogP contribution in [0.25, 0.3) is 17.0 Å². The Balaban J connectivity index is 1.53. The Morgan fingerprint density at radius 1 is 1.24 bits per heavy atom. The lowest BCUT2D eigenvalue weighted by Crippen LogP contribution is -2.31. The van der Waals surface area contributed by atoms with Gasteiger partial charge in [0, 0.05) is 24.8 Å². The van der Waals surface area contributed by atoms with Gasteiger partial charge in [-0.05, 0) is 49.2 Å². The molecule has 4 aromatic rings. The van der Waals surface area contributed by atoms with E-state index in [0.717, 1.165) is 5.69 Å². The molecule has 1 atom stereocenters. The van der Waals surface area contributed by atoms with Crippen LogP contribution in [0.2, 0.25) is 0 Å². The molecule has 0 saturated heterocycles. The van der Waals surface area contributed by atoms with Gasteiger partial charge in [-0.1, -0.05) is 6.92 Å². The minimum Gasteiger partial charge on any atom is -0.350 e. The molecule has 29 heavy (non-hydrogen) atoms. The predicted molar refractivity (Wildman–Crippen MR) is 105 cm³/mol. The Labute approximate surface area is 166 Å². The third-order valence-electron chi connectivity index (χ3n) is 4.51. The van der Waals surface area contributed by atoms with E-state index in [2.05, 4.69) is 25.5 Å². The fraction of sp³-hybridized carbons (Fsp3) is 0.250. The molecule has 1 aromatic carbocycles. The molecule has 3 aromatic heterocycles. The zero-order chi connectivity index (χ0) is 20.4. The number of carbonyl (C=O) groups is 1. The summed E-state index contributed by atoms with van der Waals surface area (Å²) < 4.78 is 16.5. The second kappa shape index (κ2) is 7.78. The number of nitrogens with one attached hydrogen (secondary N) is 1. The summed E-state index contributed by atoms with van der Waals surface area (Å²) in [7, 11) is 0. The first-order valence-corrected chi connectivity index (χ1v) is 9.24. The molecule has 0 saturated carbocycles. The monoisotopic (exact) mass is 393 g/mol. The van der Waals surface area contributed by atoms with Gasteiger partial charge in [-0.3, -0.25) is 9.48 Å². The number of hydrogen-bond donors (Lipinski definition) is 1. The van der Waals surface area contributed by atoms with Gasteiger partial charge in [-0.25, -0.2) is 9.37 Å². The first kappa shape index (κ1) is 18.7. The van der Waals surface area contributed by atoms with Crippen molar-refractivity contribution in [3.8, 4) is 11.3 Å². The molecule has 148 valence electrons. The highest BCUT2D eigenvalue weighted by atomic mass is 19.1. The van der Waals surface area contributed by atoms with Crippen molar-refractivity contribution in [1.82, 2.24) is 34.7 Å². The van der Waals surface area contributed by atoms with E-state index in [1.807, 2.05) is 30.8 Å². The maximum absolute atomic E-state index is 13.2. The predicted octanol–water partition coefficient (Wildman–Crippen LogP) is 2.50. The Morgan fingerprint density at radius 3 is 2.76 bits per heavy atom. The lowest BCUT2D eigenvalue weighted by Gasteiger charge is -2.13. The van der Waals surface area contributed by atoms with Crippen molar-refractivity contribution < 1.29 is 9.18 Å². The summed E-state index contributed by atoms with van der Waals surface area (Å²) in [5, 5.41) is 11.4. The second-order valence-electron chi connectivity index (χ2n) is 7.00. The summed E-state index contributed by atoms with van der Waals surface area (Å²) in [5.41, 5.74) is 2.48. The molecule has 0 aliphatic rings. The van der Waals surface area contributed by atoms with Crippen molar-refractivity contribution in [1.29, 1.82) is 0 Å². The van der Waals surface area contributed by atoms with Crippen LogP contribution in [0.3, 0.4) is 0 Å². The second-order valence-corrected chi connectivity index (χ2v) is 7.00. The quantitative estimate of drug-likeness (QED) is 0.544. The molecule has 0 spiro atoms. The van der Waals surface area contributed by atoms with Crippen LogP contribution in [0, 0.1) is 18.7 Å². The highest BCUT2D eigenvalue weighted by molar-refractivity contribution is 5.94. The van der Waals surface area contributed by atoms with Crippen LogP contribution in [-0.2, 0) is 6.54 Å². The topological polar surface area (TPSA) is 90.0 Å². The van der Waals surface area contributed by atoms with Crippen LogP contribution in [0.1, 0.15) is 23.1 Å². The number of fused-ring (bicyclic) bond motifs is 1. The molecule has 0 unspecified atom stereocenters. The molecule has 0 aliphatic heterocycles. The summed E-state index contributed by atoms with van der Waals surface area (Å²) in [6.45, 7) is 5.15. The number of benzene rings is 1. The summed E-state index contributed by atoms with van der Waals surface area (Å²) >= 11 is 0. The van der Waals surface area contributed by atoms with Gasteiger partial charge in [0.1, 0.15) is 17.8 Å². The zero-order valence-corrected chi connectivity index (χ0v) is 16.1. The standard InChI is InChI=1S/C20H20FN7O/c1-13(11-27-8-7-14(2)26-27)10-22-19(29)18-9-17(15-3-5-16(21)6-4-15)25-20-23-12-24-28(18)20/h3-9,12-13H,10-11H2,1-2H3,(H,22,29)/t13-/m0/s1. The third kappa shape index (κ3) is 4.13. The highest BCUT2D eigenvalue weighted by Crippen LogP contribution is 2.19. The lowest BCUT2D eigenvalue weighted by atomic mass is 10.1. The molecule has 0 bridgehead atoms. The average Bonchev–Trinajstić information content (AvgIpc) is 3.34. The van der Waals surface area contributed by atoms with E-state index in [9.17, 15) is 9.18 Å². The van der Waals surface area contributed by atoms with Crippen LogP contribution in [0.4, 0.5) is 4.39 Å². The van der Waals surface area contributed by atoms with Gasteiger partial charge in [0.2, 0.25) is 0 Å². The van der Waals surface area contributed by atoms with E-state index < -0.39 is 0 Å². The first-order valence-electron chi connectivity index (χ1n) is 9.24. The largest absolute Gasteiger partial charge is 0.350 e. The van der Waals surface area contributed by atoms with E-state index >= 15 is 0 Å². The minimum atomic E-state index is -0.336. The van der Waals surface area contributed by atoms with Crippen molar-refractivity contribution in [3.05, 3.63) is 66.1 Å². The van der Waals surface area contributed by atoms with Crippen LogP contribution in [0.15, 0.2) is 48.9 Å². The summed E-state index contributed by atoms with van der Waals surface area (Å²) in [4.78, 5) is 21.3. The number of amides is 1. The summed E-state index contributed by atoms with van der Waals surface area (Å²) in [5.74, 6) is -0.133. The van der Waals surface area contributed by atoms with Gasteiger partial charge in [-0.2, -0.15) is 19.7 Å².